The first-order valence-corrected chi connectivity index (χ1v) is 7.80. The lowest BCUT2D eigenvalue weighted by molar-refractivity contribution is 0.494. The Morgan fingerprint density at radius 1 is 1.28 bits per heavy atom. The lowest BCUT2D eigenvalue weighted by Crippen LogP contribution is -2.36. The van der Waals surface area contributed by atoms with Crippen LogP contribution in [0, 0.1) is 12.7 Å². The molecule has 1 aromatic rings. The van der Waals surface area contributed by atoms with Gasteiger partial charge in [-0.25, -0.2) is 4.39 Å². The van der Waals surface area contributed by atoms with Crippen LogP contribution in [0.25, 0.3) is 0 Å². The Kier molecular flexibility index (Phi) is 6.16. The van der Waals surface area contributed by atoms with E-state index in [1.165, 1.54) is 6.07 Å². The van der Waals surface area contributed by atoms with E-state index in [4.69, 9.17) is 0 Å². The Morgan fingerprint density at radius 3 is 2.50 bits per heavy atom. The van der Waals surface area contributed by atoms with Crippen LogP contribution in [-0.4, -0.2) is 17.5 Å². The summed E-state index contributed by atoms with van der Waals surface area (Å²) in [6.45, 7) is 8.20. The summed E-state index contributed by atoms with van der Waals surface area (Å²) >= 11 is 1.92. The quantitative estimate of drug-likeness (QED) is 0.798. The van der Waals surface area contributed by atoms with Gasteiger partial charge in [0.25, 0.3) is 0 Å². The molecular weight excluding hydrogens is 245 g/mol. The van der Waals surface area contributed by atoms with Crippen molar-refractivity contribution in [2.24, 2.45) is 0 Å². The van der Waals surface area contributed by atoms with Crippen LogP contribution in [0.5, 0.6) is 0 Å². The molecule has 0 unspecified atom stereocenters. The summed E-state index contributed by atoms with van der Waals surface area (Å²) in [7, 11) is 0. The maximum atomic E-state index is 13.2. The van der Waals surface area contributed by atoms with Crippen molar-refractivity contribution in [2.45, 2.75) is 44.9 Å². The summed E-state index contributed by atoms with van der Waals surface area (Å²) in [5.74, 6) is -0.153. The molecule has 0 aliphatic carbocycles. The summed E-state index contributed by atoms with van der Waals surface area (Å²) in [6, 6.07) is 4.98. The smallest absolute Gasteiger partial charge is 0.123 e. The first kappa shape index (κ1) is 15.5. The van der Waals surface area contributed by atoms with Crippen LogP contribution < -0.4 is 5.32 Å². The monoisotopic (exact) mass is 269 g/mol. The van der Waals surface area contributed by atoms with Crippen LogP contribution >= 0.6 is 11.8 Å². The fraction of sp³-hybridized carbons (Fsp3) is 0.600. The average Bonchev–Trinajstić information content (AvgIpc) is 2.39. The molecule has 0 spiro atoms. The maximum absolute atomic E-state index is 13.2. The third-order valence-corrected chi connectivity index (χ3v) is 5.38. The van der Waals surface area contributed by atoms with Crippen LogP contribution in [0.15, 0.2) is 18.2 Å². The summed E-state index contributed by atoms with van der Waals surface area (Å²) < 4.78 is 13.5. The highest BCUT2D eigenvalue weighted by Crippen LogP contribution is 2.29. The van der Waals surface area contributed by atoms with Gasteiger partial charge >= 0.3 is 0 Å². The molecule has 0 saturated heterocycles. The van der Waals surface area contributed by atoms with Crippen LogP contribution in [0.2, 0.25) is 0 Å². The molecule has 3 heteroatoms. The summed E-state index contributed by atoms with van der Waals surface area (Å²) in [6.07, 6.45) is 4.47. The third kappa shape index (κ3) is 3.99. The Hall–Kier alpha value is -0.540. The van der Waals surface area contributed by atoms with Crippen molar-refractivity contribution >= 4 is 11.8 Å². The number of aryl methyl sites for hydroxylation is 1. The first-order chi connectivity index (χ1) is 8.56. The zero-order valence-corrected chi connectivity index (χ0v) is 12.7. The number of rotatable bonds is 7. The Labute approximate surface area is 115 Å². The standard InChI is InChI=1S/C15H24FNS/c1-5-15(6-2,18-4)11-17-10-13-9-14(16)8-7-12(13)3/h7-9,17H,5-6,10-11H2,1-4H3. The zero-order valence-electron chi connectivity index (χ0n) is 11.8. The van der Waals surface area contributed by atoms with Gasteiger partial charge in [0, 0.05) is 17.8 Å². The van der Waals surface area contributed by atoms with Gasteiger partial charge in [-0.1, -0.05) is 19.9 Å². The third-order valence-electron chi connectivity index (χ3n) is 3.80. The molecule has 0 amide bonds. The predicted octanol–water partition coefficient (Wildman–Crippen LogP) is 4.15. The minimum atomic E-state index is -0.153. The van der Waals surface area contributed by atoms with E-state index in [1.54, 1.807) is 6.07 Å². The van der Waals surface area contributed by atoms with Crippen molar-refractivity contribution in [3.05, 3.63) is 35.1 Å². The van der Waals surface area contributed by atoms with Gasteiger partial charge in [-0.2, -0.15) is 11.8 Å². The van der Waals surface area contributed by atoms with Gasteiger partial charge in [0.05, 0.1) is 0 Å². The molecule has 0 radical (unpaired) electrons. The Morgan fingerprint density at radius 2 is 1.94 bits per heavy atom. The second-order valence-electron chi connectivity index (χ2n) is 4.77. The van der Waals surface area contributed by atoms with E-state index in [9.17, 15) is 4.39 Å². The fourth-order valence-corrected chi connectivity index (χ4v) is 2.94. The van der Waals surface area contributed by atoms with Crippen molar-refractivity contribution in [2.75, 3.05) is 12.8 Å². The summed E-state index contributed by atoms with van der Waals surface area (Å²) in [5.41, 5.74) is 2.20. The minimum Gasteiger partial charge on any atom is -0.311 e. The second kappa shape index (κ2) is 7.15. The highest BCUT2D eigenvalue weighted by Gasteiger charge is 2.23. The van der Waals surface area contributed by atoms with Gasteiger partial charge in [0.15, 0.2) is 0 Å². The molecule has 0 fully saturated rings. The number of hydrogen-bond donors (Lipinski definition) is 1. The number of hydrogen-bond acceptors (Lipinski definition) is 2. The van der Waals surface area contributed by atoms with E-state index < -0.39 is 0 Å². The van der Waals surface area contributed by atoms with Gasteiger partial charge in [-0.15, -0.1) is 0 Å². The maximum Gasteiger partial charge on any atom is 0.123 e. The zero-order chi connectivity index (χ0) is 13.6. The van der Waals surface area contributed by atoms with Crippen molar-refractivity contribution in [3.63, 3.8) is 0 Å². The summed E-state index contributed by atoms with van der Waals surface area (Å²) in [4.78, 5) is 0. The fourth-order valence-electron chi connectivity index (χ4n) is 2.12. The Balaban J connectivity index is 2.57. The normalized spacial score (nSPS) is 11.8. The van der Waals surface area contributed by atoms with Crippen LogP contribution in [0.3, 0.4) is 0 Å². The van der Waals surface area contributed by atoms with E-state index in [2.05, 4.69) is 25.4 Å². The van der Waals surface area contributed by atoms with Crippen molar-refractivity contribution in [1.82, 2.24) is 5.32 Å². The van der Waals surface area contributed by atoms with E-state index in [0.717, 1.165) is 37.1 Å². The van der Waals surface area contributed by atoms with E-state index in [1.807, 2.05) is 24.8 Å². The van der Waals surface area contributed by atoms with E-state index in [0.29, 0.717) is 4.75 Å². The van der Waals surface area contributed by atoms with Crippen LogP contribution in [0.1, 0.15) is 37.8 Å². The van der Waals surface area contributed by atoms with Crippen molar-refractivity contribution < 1.29 is 4.39 Å². The van der Waals surface area contributed by atoms with Gasteiger partial charge in [0.2, 0.25) is 0 Å². The number of halogens is 1. The molecule has 0 bridgehead atoms. The summed E-state index contributed by atoms with van der Waals surface area (Å²) in [5, 5.41) is 3.48. The molecule has 18 heavy (non-hydrogen) atoms. The number of thioether (sulfide) groups is 1. The molecule has 0 aromatic heterocycles. The minimum absolute atomic E-state index is 0.153. The van der Waals surface area contributed by atoms with Crippen molar-refractivity contribution in [1.29, 1.82) is 0 Å². The molecule has 0 aliphatic heterocycles. The molecule has 0 aliphatic rings. The number of benzene rings is 1. The van der Waals surface area contributed by atoms with Crippen molar-refractivity contribution in [3.8, 4) is 0 Å². The molecule has 1 aromatic carbocycles. The average molecular weight is 269 g/mol. The molecule has 1 rings (SSSR count). The molecule has 102 valence electrons. The molecule has 1 nitrogen and oxygen atoms in total. The largest absolute Gasteiger partial charge is 0.311 e. The molecule has 0 heterocycles. The lowest BCUT2D eigenvalue weighted by Gasteiger charge is -2.30. The molecule has 0 saturated carbocycles. The van der Waals surface area contributed by atoms with Gasteiger partial charge in [0.1, 0.15) is 5.82 Å². The predicted molar refractivity (Wildman–Crippen MR) is 79.7 cm³/mol. The van der Waals surface area contributed by atoms with Crippen LogP contribution in [0.4, 0.5) is 4.39 Å². The SMILES string of the molecule is CCC(CC)(CNCc1cc(F)ccc1C)SC. The number of nitrogens with one attached hydrogen (secondary N) is 1. The van der Waals surface area contributed by atoms with E-state index in [-0.39, 0.29) is 5.82 Å². The first-order valence-electron chi connectivity index (χ1n) is 6.57. The van der Waals surface area contributed by atoms with Crippen LogP contribution in [-0.2, 0) is 6.54 Å². The van der Waals surface area contributed by atoms with Gasteiger partial charge < -0.3 is 5.32 Å². The molecule has 1 N–H and O–H groups in total. The second-order valence-corrected chi connectivity index (χ2v) is 6.04. The highest BCUT2D eigenvalue weighted by molar-refractivity contribution is 8.00. The topological polar surface area (TPSA) is 12.0 Å². The van der Waals surface area contributed by atoms with E-state index >= 15 is 0 Å². The van der Waals surface area contributed by atoms with Gasteiger partial charge in [-0.05, 0) is 49.3 Å². The lowest BCUT2D eigenvalue weighted by atomic mass is 10.0. The highest BCUT2D eigenvalue weighted by atomic mass is 32.2. The Bertz CT molecular complexity index is 366. The molecule has 0 atom stereocenters. The molecular formula is C15H24FNS. The van der Waals surface area contributed by atoms with Gasteiger partial charge in [-0.3, -0.25) is 0 Å².